The zero-order chi connectivity index (χ0) is 14.8. The highest BCUT2D eigenvalue weighted by molar-refractivity contribution is 5.79. The Morgan fingerprint density at radius 2 is 1.95 bits per heavy atom. The maximum atomic E-state index is 10.7. The molecule has 0 radical (unpaired) electrons. The molecule has 0 saturated carbocycles. The number of hydrogen-bond donors (Lipinski definition) is 0. The molecule has 21 heavy (non-hydrogen) atoms. The van der Waals surface area contributed by atoms with Crippen molar-refractivity contribution in [3.8, 4) is 11.5 Å². The summed E-state index contributed by atoms with van der Waals surface area (Å²) in [5.41, 5.74) is 1.65. The van der Waals surface area contributed by atoms with Gasteiger partial charge in [-0.2, -0.15) is 0 Å². The summed E-state index contributed by atoms with van der Waals surface area (Å²) in [4.78, 5) is 14.6. The van der Waals surface area contributed by atoms with Crippen LogP contribution in [-0.4, -0.2) is 9.91 Å². The third-order valence-electron chi connectivity index (χ3n) is 3.16. The Kier molecular flexibility index (Phi) is 3.23. The average molecular weight is 280 g/mol. The summed E-state index contributed by atoms with van der Waals surface area (Å²) >= 11 is 0. The van der Waals surface area contributed by atoms with Gasteiger partial charge in [-0.05, 0) is 30.7 Å². The molecule has 0 unspecified atom stereocenters. The van der Waals surface area contributed by atoms with Crippen LogP contribution in [0.1, 0.15) is 5.56 Å². The van der Waals surface area contributed by atoms with E-state index in [4.69, 9.17) is 4.74 Å². The van der Waals surface area contributed by atoms with Crippen molar-refractivity contribution in [2.75, 3.05) is 0 Å². The topological polar surface area (TPSA) is 65.3 Å². The molecule has 1 heterocycles. The fourth-order valence-corrected chi connectivity index (χ4v) is 2.10. The standard InChI is InChI=1S/C16H12N2O3/c1-11-8-13(18(19)20)6-7-16(11)21-14-9-12-4-2-3-5-15(12)17-10-14/h2-10H,1H3. The molecule has 104 valence electrons. The second-order valence-electron chi connectivity index (χ2n) is 4.67. The number of rotatable bonds is 3. The van der Waals surface area contributed by atoms with E-state index >= 15 is 0 Å². The number of nitrogens with zero attached hydrogens (tertiary/aromatic N) is 2. The zero-order valence-corrected chi connectivity index (χ0v) is 11.3. The van der Waals surface area contributed by atoms with Crippen molar-refractivity contribution in [3.63, 3.8) is 0 Å². The summed E-state index contributed by atoms with van der Waals surface area (Å²) in [6.45, 7) is 1.77. The third kappa shape index (κ3) is 2.67. The molecular formula is C16H12N2O3. The average Bonchev–Trinajstić information content (AvgIpc) is 2.49. The molecule has 0 bridgehead atoms. The Balaban J connectivity index is 1.93. The number of non-ortho nitro benzene ring substituents is 1. The molecule has 0 spiro atoms. The Hall–Kier alpha value is -2.95. The van der Waals surface area contributed by atoms with E-state index in [1.165, 1.54) is 12.1 Å². The molecule has 2 aromatic carbocycles. The molecule has 3 aromatic rings. The Bertz CT molecular complexity index is 831. The maximum Gasteiger partial charge on any atom is 0.269 e. The van der Waals surface area contributed by atoms with Crippen LogP contribution in [0.4, 0.5) is 5.69 Å². The van der Waals surface area contributed by atoms with E-state index in [2.05, 4.69) is 4.98 Å². The number of hydrogen-bond acceptors (Lipinski definition) is 4. The van der Waals surface area contributed by atoms with E-state index in [1.54, 1.807) is 19.2 Å². The lowest BCUT2D eigenvalue weighted by molar-refractivity contribution is -0.384. The van der Waals surface area contributed by atoms with Crippen LogP contribution < -0.4 is 4.74 Å². The monoisotopic (exact) mass is 280 g/mol. The van der Waals surface area contributed by atoms with Crippen LogP contribution >= 0.6 is 0 Å². The summed E-state index contributed by atoms with van der Waals surface area (Å²) in [7, 11) is 0. The van der Waals surface area contributed by atoms with Gasteiger partial charge in [0, 0.05) is 17.5 Å². The lowest BCUT2D eigenvalue weighted by atomic mass is 10.2. The van der Waals surface area contributed by atoms with Gasteiger partial charge in [0.25, 0.3) is 5.69 Å². The van der Waals surface area contributed by atoms with E-state index in [-0.39, 0.29) is 5.69 Å². The number of pyridine rings is 1. The van der Waals surface area contributed by atoms with Gasteiger partial charge < -0.3 is 4.74 Å². The first-order chi connectivity index (χ1) is 10.1. The minimum atomic E-state index is -0.422. The Morgan fingerprint density at radius 1 is 1.14 bits per heavy atom. The van der Waals surface area contributed by atoms with E-state index in [9.17, 15) is 10.1 Å². The van der Waals surface area contributed by atoms with Gasteiger partial charge >= 0.3 is 0 Å². The van der Waals surface area contributed by atoms with E-state index in [0.717, 1.165) is 10.9 Å². The minimum Gasteiger partial charge on any atom is -0.455 e. The first-order valence-electron chi connectivity index (χ1n) is 6.41. The smallest absolute Gasteiger partial charge is 0.269 e. The molecule has 0 fully saturated rings. The van der Waals surface area contributed by atoms with Crippen molar-refractivity contribution in [2.24, 2.45) is 0 Å². The second kappa shape index (κ2) is 5.20. The highest BCUT2D eigenvalue weighted by Crippen LogP contribution is 2.29. The predicted molar refractivity (Wildman–Crippen MR) is 79.7 cm³/mol. The quantitative estimate of drug-likeness (QED) is 0.531. The lowest BCUT2D eigenvalue weighted by Gasteiger charge is -2.08. The van der Waals surface area contributed by atoms with E-state index < -0.39 is 4.92 Å². The van der Waals surface area contributed by atoms with Gasteiger partial charge in [-0.15, -0.1) is 0 Å². The number of nitro benzene ring substituents is 1. The first-order valence-corrected chi connectivity index (χ1v) is 6.41. The summed E-state index contributed by atoms with van der Waals surface area (Å²) in [6, 6.07) is 14.2. The molecule has 0 saturated heterocycles. The molecule has 0 atom stereocenters. The molecule has 3 rings (SSSR count). The summed E-state index contributed by atoms with van der Waals surface area (Å²) in [6.07, 6.45) is 1.64. The summed E-state index contributed by atoms with van der Waals surface area (Å²) < 4.78 is 5.77. The minimum absolute atomic E-state index is 0.0523. The van der Waals surface area contributed by atoms with Crippen LogP contribution in [-0.2, 0) is 0 Å². The third-order valence-corrected chi connectivity index (χ3v) is 3.16. The molecule has 5 heteroatoms. The fraction of sp³-hybridized carbons (Fsp3) is 0.0625. The van der Waals surface area contributed by atoms with Crippen molar-refractivity contribution >= 4 is 16.6 Å². The second-order valence-corrected chi connectivity index (χ2v) is 4.67. The number of ether oxygens (including phenoxy) is 1. The Labute approximate surface area is 121 Å². The molecule has 0 aliphatic carbocycles. The maximum absolute atomic E-state index is 10.7. The number of para-hydroxylation sites is 1. The van der Waals surface area contributed by atoms with Crippen molar-refractivity contribution in [1.82, 2.24) is 4.98 Å². The highest BCUT2D eigenvalue weighted by Gasteiger charge is 2.09. The van der Waals surface area contributed by atoms with Crippen LogP contribution in [0.2, 0.25) is 0 Å². The van der Waals surface area contributed by atoms with Crippen LogP contribution in [0, 0.1) is 17.0 Å². The predicted octanol–water partition coefficient (Wildman–Crippen LogP) is 4.24. The molecular weight excluding hydrogens is 268 g/mol. The van der Waals surface area contributed by atoms with Gasteiger partial charge in [0.15, 0.2) is 0 Å². The number of aryl methyl sites for hydroxylation is 1. The molecule has 1 aromatic heterocycles. The molecule has 0 amide bonds. The SMILES string of the molecule is Cc1cc([N+](=O)[O-])ccc1Oc1cnc2ccccc2c1. The molecule has 5 nitrogen and oxygen atoms in total. The largest absolute Gasteiger partial charge is 0.455 e. The molecule has 0 aliphatic rings. The summed E-state index contributed by atoms with van der Waals surface area (Å²) in [5, 5.41) is 11.7. The van der Waals surface area contributed by atoms with Crippen LogP contribution in [0.3, 0.4) is 0 Å². The van der Waals surface area contributed by atoms with E-state index in [0.29, 0.717) is 17.1 Å². The zero-order valence-electron chi connectivity index (χ0n) is 11.3. The van der Waals surface area contributed by atoms with Crippen LogP contribution in [0.5, 0.6) is 11.5 Å². The number of nitro groups is 1. The van der Waals surface area contributed by atoms with Gasteiger partial charge in [0.2, 0.25) is 0 Å². The normalized spacial score (nSPS) is 10.5. The lowest BCUT2D eigenvalue weighted by Crippen LogP contribution is -1.92. The van der Waals surface area contributed by atoms with Gasteiger partial charge in [-0.1, -0.05) is 18.2 Å². The fourth-order valence-electron chi connectivity index (χ4n) is 2.10. The van der Waals surface area contributed by atoms with Crippen molar-refractivity contribution in [1.29, 1.82) is 0 Å². The van der Waals surface area contributed by atoms with Gasteiger partial charge in [-0.25, -0.2) is 0 Å². The van der Waals surface area contributed by atoms with Gasteiger partial charge in [0.05, 0.1) is 16.6 Å². The van der Waals surface area contributed by atoms with E-state index in [1.807, 2.05) is 30.3 Å². The highest BCUT2D eigenvalue weighted by atomic mass is 16.6. The van der Waals surface area contributed by atoms with Gasteiger partial charge in [0.1, 0.15) is 11.5 Å². The molecule has 0 N–H and O–H groups in total. The van der Waals surface area contributed by atoms with Crippen molar-refractivity contribution in [3.05, 3.63) is 70.4 Å². The molecule has 0 aliphatic heterocycles. The van der Waals surface area contributed by atoms with Gasteiger partial charge in [-0.3, -0.25) is 15.1 Å². The van der Waals surface area contributed by atoms with Crippen molar-refractivity contribution in [2.45, 2.75) is 6.92 Å². The van der Waals surface area contributed by atoms with Crippen LogP contribution in [0.15, 0.2) is 54.7 Å². The van der Waals surface area contributed by atoms with Crippen LogP contribution in [0.25, 0.3) is 10.9 Å². The Morgan fingerprint density at radius 3 is 2.71 bits per heavy atom. The number of aromatic nitrogens is 1. The van der Waals surface area contributed by atoms with Crippen molar-refractivity contribution < 1.29 is 9.66 Å². The number of benzene rings is 2. The summed E-state index contributed by atoms with van der Waals surface area (Å²) in [5.74, 6) is 1.18. The number of fused-ring (bicyclic) bond motifs is 1. The first kappa shape index (κ1) is 13.1.